The molecule has 4 heteroatoms. The summed E-state index contributed by atoms with van der Waals surface area (Å²) in [5, 5.41) is 5.72. The normalized spacial score (nSPS) is 24.5. The molecule has 1 N–H and O–H groups in total. The van der Waals surface area contributed by atoms with Crippen LogP contribution in [-0.4, -0.2) is 44.3 Å². The highest BCUT2D eigenvalue weighted by atomic mass is 32.1. The summed E-state index contributed by atoms with van der Waals surface area (Å²) in [4.78, 5) is 4.29. The van der Waals surface area contributed by atoms with Gasteiger partial charge in [0.1, 0.15) is 0 Å². The van der Waals surface area contributed by atoms with Crippen LogP contribution < -0.4 is 5.32 Å². The number of piperazine rings is 1. The molecule has 3 nitrogen and oxygen atoms in total. The topological polar surface area (TPSA) is 24.5 Å². The van der Waals surface area contributed by atoms with Gasteiger partial charge in [0.25, 0.3) is 0 Å². The van der Waals surface area contributed by atoms with Gasteiger partial charge in [0.15, 0.2) is 0 Å². The predicted molar refractivity (Wildman–Crippen MR) is 79.8 cm³/mol. The molecule has 0 aliphatic carbocycles. The van der Waals surface area contributed by atoms with Crippen molar-refractivity contribution >= 4 is 11.3 Å². The third-order valence-corrected chi connectivity index (χ3v) is 5.52. The van der Waals surface area contributed by atoms with E-state index in [1.54, 1.807) is 4.88 Å². The van der Waals surface area contributed by atoms with Crippen molar-refractivity contribution in [1.82, 2.24) is 10.2 Å². The van der Waals surface area contributed by atoms with E-state index in [9.17, 15) is 0 Å². The SMILES string of the molecule is Cc1ccsc1[C@@H](C1CCOCC1)N1CCNCC1. The first kappa shape index (κ1) is 13.6. The first-order valence-corrected chi connectivity index (χ1v) is 8.31. The molecule has 2 saturated heterocycles. The maximum absolute atomic E-state index is 5.56. The van der Waals surface area contributed by atoms with Gasteiger partial charge in [0, 0.05) is 50.3 Å². The first-order chi connectivity index (χ1) is 9.36. The Morgan fingerprint density at radius 2 is 2.05 bits per heavy atom. The van der Waals surface area contributed by atoms with E-state index in [4.69, 9.17) is 4.74 Å². The molecule has 1 aromatic rings. The molecule has 2 aliphatic rings. The van der Waals surface area contributed by atoms with Gasteiger partial charge in [-0.2, -0.15) is 0 Å². The number of nitrogens with zero attached hydrogens (tertiary/aromatic N) is 1. The molecule has 0 saturated carbocycles. The van der Waals surface area contributed by atoms with Crippen molar-refractivity contribution in [2.24, 2.45) is 5.92 Å². The van der Waals surface area contributed by atoms with Crippen LogP contribution in [0.25, 0.3) is 0 Å². The molecular weight excluding hydrogens is 256 g/mol. The fraction of sp³-hybridized carbons (Fsp3) is 0.733. The third kappa shape index (κ3) is 3.02. The first-order valence-electron chi connectivity index (χ1n) is 7.43. The van der Waals surface area contributed by atoms with Gasteiger partial charge < -0.3 is 10.1 Å². The molecule has 2 aliphatic heterocycles. The summed E-state index contributed by atoms with van der Waals surface area (Å²) in [5.74, 6) is 0.768. The summed E-state index contributed by atoms with van der Waals surface area (Å²) < 4.78 is 5.56. The van der Waals surface area contributed by atoms with E-state index in [-0.39, 0.29) is 0 Å². The second kappa shape index (κ2) is 6.35. The van der Waals surface area contributed by atoms with Crippen LogP contribution in [0, 0.1) is 12.8 Å². The number of thiophene rings is 1. The lowest BCUT2D eigenvalue weighted by Crippen LogP contribution is -2.47. The van der Waals surface area contributed by atoms with Crippen molar-refractivity contribution in [1.29, 1.82) is 0 Å². The zero-order valence-corrected chi connectivity index (χ0v) is 12.5. The number of nitrogens with one attached hydrogen (secondary N) is 1. The Bertz CT molecular complexity index is 377. The van der Waals surface area contributed by atoms with E-state index < -0.39 is 0 Å². The number of aryl methyl sites for hydroxylation is 1. The van der Waals surface area contributed by atoms with E-state index in [1.165, 1.54) is 31.5 Å². The van der Waals surface area contributed by atoms with E-state index in [0.717, 1.165) is 32.2 Å². The van der Waals surface area contributed by atoms with Gasteiger partial charge in [-0.1, -0.05) is 0 Å². The Balaban J connectivity index is 1.83. The van der Waals surface area contributed by atoms with Gasteiger partial charge in [0.2, 0.25) is 0 Å². The second-order valence-corrected chi connectivity index (χ2v) is 6.60. The Morgan fingerprint density at radius 1 is 1.32 bits per heavy atom. The lowest BCUT2D eigenvalue weighted by Gasteiger charge is -2.40. The molecule has 3 heterocycles. The van der Waals surface area contributed by atoms with E-state index in [0.29, 0.717) is 6.04 Å². The predicted octanol–water partition coefficient (Wildman–Crippen LogP) is 2.43. The van der Waals surface area contributed by atoms with Crippen LogP contribution >= 0.6 is 11.3 Å². The maximum Gasteiger partial charge on any atom is 0.0475 e. The number of hydrogen-bond acceptors (Lipinski definition) is 4. The van der Waals surface area contributed by atoms with Crippen molar-refractivity contribution in [2.45, 2.75) is 25.8 Å². The van der Waals surface area contributed by atoms with Crippen molar-refractivity contribution < 1.29 is 4.74 Å². The van der Waals surface area contributed by atoms with Gasteiger partial charge in [-0.3, -0.25) is 4.90 Å². The van der Waals surface area contributed by atoms with Crippen LogP contribution in [-0.2, 0) is 4.74 Å². The fourth-order valence-corrected chi connectivity index (χ4v) is 4.51. The summed E-state index contributed by atoms with van der Waals surface area (Å²) in [7, 11) is 0. The molecule has 0 spiro atoms. The Kier molecular flexibility index (Phi) is 4.53. The largest absolute Gasteiger partial charge is 0.381 e. The number of ether oxygens (including phenoxy) is 1. The van der Waals surface area contributed by atoms with E-state index >= 15 is 0 Å². The van der Waals surface area contributed by atoms with Crippen molar-refractivity contribution in [3.05, 3.63) is 21.9 Å². The minimum atomic E-state index is 0.617. The van der Waals surface area contributed by atoms with Crippen molar-refractivity contribution in [3.8, 4) is 0 Å². The summed E-state index contributed by atoms with van der Waals surface area (Å²) in [5.41, 5.74) is 1.47. The Hall–Kier alpha value is -0.420. The molecule has 19 heavy (non-hydrogen) atoms. The number of hydrogen-bond donors (Lipinski definition) is 1. The lowest BCUT2D eigenvalue weighted by molar-refractivity contribution is 0.0222. The molecule has 1 atom stereocenters. The van der Waals surface area contributed by atoms with E-state index in [1.807, 2.05) is 11.3 Å². The molecule has 0 amide bonds. The average Bonchev–Trinajstić information content (AvgIpc) is 2.88. The fourth-order valence-electron chi connectivity index (χ4n) is 3.36. The molecule has 2 fully saturated rings. The minimum Gasteiger partial charge on any atom is -0.381 e. The highest BCUT2D eigenvalue weighted by molar-refractivity contribution is 7.10. The van der Waals surface area contributed by atoms with Gasteiger partial charge in [0.05, 0.1) is 0 Å². The summed E-state index contributed by atoms with van der Waals surface area (Å²) >= 11 is 1.94. The van der Waals surface area contributed by atoms with Crippen LogP contribution in [0.1, 0.15) is 29.3 Å². The smallest absolute Gasteiger partial charge is 0.0475 e. The van der Waals surface area contributed by atoms with Gasteiger partial charge in [-0.25, -0.2) is 0 Å². The summed E-state index contributed by atoms with van der Waals surface area (Å²) in [6.07, 6.45) is 2.43. The van der Waals surface area contributed by atoms with Gasteiger partial charge >= 0.3 is 0 Å². The quantitative estimate of drug-likeness (QED) is 0.920. The zero-order valence-electron chi connectivity index (χ0n) is 11.7. The second-order valence-electron chi connectivity index (χ2n) is 5.65. The maximum atomic E-state index is 5.56. The van der Waals surface area contributed by atoms with Crippen molar-refractivity contribution in [3.63, 3.8) is 0 Å². The van der Waals surface area contributed by atoms with Crippen LogP contribution in [0.4, 0.5) is 0 Å². The summed E-state index contributed by atoms with van der Waals surface area (Å²) in [6.45, 7) is 8.77. The van der Waals surface area contributed by atoms with Gasteiger partial charge in [-0.05, 0) is 42.7 Å². The monoisotopic (exact) mass is 280 g/mol. The van der Waals surface area contributed by atoms with Crippen LogP contribution in [0.2, 0.25) is 0 Å². The van der Waals surface area contributed by atoms with Gasteiger partial charge in [-0.15, -0.1) is 11.3 Å². The lowest BCUT2D eigenvalue weighted by atomic mass is 9.88. The highest BCUT2D eigenvalue weighted by Crippen LogP contribution is 2.39. The molecule has 106 valence electrons. The molecule has 3 rings (SSSR count). The summed E-state index contributed by atoms with van der Waals surface area (Å²) in [6, 6.07) is 2.89. The van der Waals surface area contributed by atoms with Crippen LogP contribution in [0.3, 0.4) is 0 Å². The van der Waals surface area contributed by atoms with Crippen molar-refractivity contribution in [2.75, 3.05) is 39.4 Å². The van der Waals surface area contributed by atoms with Crippen LogP contribution in [0.5, 0.6) is 0 Å². The molecule has 0 radical (unpaired) electrons. The highest BCUT2D eigenvalue weighted by Gasteiger charge is 2.32. The van der Waals surface area contributed by atoms with E-state index in [2.05, 4.69) is 28.6 Å². The third-order valence-electron chi connectivity index (χ3n) is 4.43. The zero-order chi connectivity index (χ0) is 13.1. The Morgan fingerprint density at radius 3 is 2.68 bits per heavy atom. The number of rotatable bonds is 3. The molecule has 0 bridgehead atoms. The minimum absolute atomic E-state index is 0.617. The molecule has 1 aromatic heterocycles. The average molecular weight is 280 g/mol. The molecule has 0 aromatic carbocycles. The molecule has 0 unspecified atom stereocenters. The molecular formula is C15H24N2OS. The Labute approximate surface area is 119 Å². The van der Waals surface area contributed by atoms with Crippen LogP contribution in [0.15, 0.2) is 11.4 Å². The standard InChI is InChI=1S/C15H24N2OS/c1-12-4-11-19-15(12)14(13-2-9-18-10-3-13)17-7-5-16-6-8-17/h4,11,13-14,16H,2-3,5-10H2,1H3/t14-/m1/s1.